The molecule has 0 fully saturated rings. The molecule has 3 N–H and O–H groups in total. The largest absolute Gasteiger partial charge is 0.465 e. The van der Waals surface area contributed by atoms with E-state index in [4.69, 9.17) is 28.8 Å². The quantitative estimate of drug-likeness (QED) is 0.0659. The zero-order chi connectivity index (χ0) is 47.6. The molecule has 1 amide bonds. The van der Waals surface area contributed by atoms with E-state index >= 15 is 0 Å². The van der Waals surface area contributed by atoms with Crippen LogP contribution in [0.4, 0.5) is 16.2 Å². The maximum Gasteiger partial charge on any atom is 0.412 e. The summed E-state index contributed by atoms with van der Waals surface area (Å²) in [6.07, 6.45) is -0.646. The maximum absolute atomic E-state index is 12.8. The highest BCUT2D eigenvalue weighted by Gasteiger charge is 2.43. The molecule has 10 nitrogen and oxygen atoms in total. The standard InChI is InChI=1S/C28H35NO5SSi.C23H27NO3SSi/c1-26(2,3)33-25(31)29-21-18-22(35-23(21)24(30)32-7)28(34-36-27(4,5)6,19-14-10-8-11-15-19)20-16-12-9-13-17-20;1-22(2,3)29-27-23(16-11-7-5-8-12-16,17-13-9-6-10-14-17)19-15-18(24)20(28-19)21(25)26-4/h8-18H,36H2,1-7H3,(H,29,31);5-15H,24,29H2,1-4H3. The van der Waals surface area contributed by atoms with Crippen LogP contribution >= 0.6 is 22.7 Å². The van der Waals surface area contributed by atoms with E-state index in [2.05, 4.69) is 71.1 Å². The lowest BCUT2D eigenvalue weighted by Gasteiger charge is -2.37. The normalized spacial score (nSPS) is 12.5. The molecular weight excluding hydrogens is 889 g/mol. The van der Waals surface area contributed by atoms with E-state index in [9.17, 15) is 14.4 Å². The molecule has 0 saturated heterocycles. The van der Waals surface area contributed by atoms with E-state index in [-0.39, 0.29) is 15.0 Å². The van der Waals surface area contributed by atoms with Gasteiger partial charge < -0.3 is 28.8 Å². The predicted octanol–water partition coefficient (Wildman–Crippen LogP) is 11.2. The molecule has 6 rings (SSSR count). The number of esters is 2. The lowest BCUT2D eigenvalue weighted by molar-refractivity contribution is 0.0596. The van der Waals surface area contributed by atoms with Gasteiger partial charge >= 0.3 is 18.0 Å². The van der Waals surface area contributed by atoms with E-state index in [1.54, 1.807) is 26.8 Å². The number of nitrogen functional groups attached to an aromatic ring is 1. The number of ether oxygens (including phenoxy) is 3. The van der Waals surface area contributed by atoms with Gasteiger partial charge in [-0.05, 0) is 65.2 Å². The molecule has 0 atom stereocenters. The number of nitrogens with two attached hydrogens (primary N) is 1. The van der Waals surface area contributed by atoms with Crippen LogP contribution in [0.1, 0.15) is 114 Å². The molecule has 0 spiro atoms. The lowest BCUT2D eigenvalue weighted by atomic mass is 9.85. The summed E-state index contributed by atoms with van der Waals surface area (Å²) in [5.41, 5.74) is 8.38. The molecule has 0 aliphatic heterocycles. The topological polar surface area (TPSA) is 135 Å². The van der Waals surface area contributed by atoms with Gasteiger partial charge in [-0.3, -0.25) is 5.32 Å². The summed E-state index contributed by atoms with van der Waals surface area (Å²) in [7, 11) is 0.646. The van der Waals surface area contributed by atoms with Crippen molar-refractivity contribution in [2.45, 2.75) is 89.2 Å². The zero-order valence-corrected chi connectivity index (χ0v) is 43.7. The van der Waals surface area contributed by atoms with Crippen LogP contribution in [-0.4, -0.2) is 57.4 Å². The predicted molar refractivity (Wildman–Crippen MR) is 270 cm³/mol. The van der Waals surface area contributed by atoms with Gasteiger partial charge in [-0.2, -0.15) is 0 Å². The second kappa shape index (κ2) is 21.3. The Hall–Kier alpha value is -5.36. The number of nitrogens with one attached hydrogen (secondary N) is 1. The molecular formula is C51H62N2O8S2Si2. The molecule has 0 unspecified atom stereocenters. The Balaban J connectivity index is 0.000000250. The van der Waals surface area contributed by atoms with Crippen molar-refractivity contribution in [2.24, 2.45) is 0 Å². The van der Waals surface area contributed by atoms with Crippen LogP contribution in [0.2, 0.25) is 10.1 Å². The molecule has 0 saturated carbocycles. The van der Waals surface area contributed by atoms with Gasteiger partial charge in [0.1, 0.15) is 26.6 Å². The van der Waals surface area contributed by atoms with Gasteiger partial charge in [0.2, 0.25) is 0 Å². The number of carbonyl (C=O) groups excluding carboxylic acids is 3. The van der Waals surface area contributed by atoms with Crippen molar-refractivity contribution < 1.29 is 37.4 Å². The van der Waals surface area contributed by atoms with Crippen LogP contribution in [0.25, 0.3) is 0 Å². The van der Waals surface area contributed by atoms with Crippen molar-refractivity contribution in [3.05, 3.63) is 175 Å². The Bertz CT molecular complexity index is 2410. The molecule has 0 aliphatic carbocycles. The number of thiophene rings is 2. The minimum Gasteiger partial charge on any atom is -0.465 e. The lowest BCUT2D eigenvalue weighted by Crippen LogP contribution is -2.35. The molecule has 2 aromatic heterocycles. The van der Waals surface area contributed by atoms with Gasteiger partial charge in [0.25, 0.3) is 0 Å². The first-order valence-corrected chi connectivity index (χ1v) is 25.5. The summed E-state index contributed by atoms with van der Waals surface area (Å²) >= 11 is 2.59. The summed E-state index contributed by atoms with van der Waals surface area (Å²) in [6, 6.07) is 43.9. The Morgan fingerprint density at radius 1 is 0.523 bits per heavy atom. The van der Waals surface area contributed by atoms with Crippen molar-refractivity contribution in [1.82, 2.24) is 0 Å². The van der Waals surface area contributed by atoms with Crippen molar-refractivity contribution in [1.29, 1.82) is 0 Å². The van der Waals surface area contributed by atoms with Crippen molar-refractivity contribution in [2.75, 3.05) is 25.3 Å². The van der Waals surface area contributed by atoms with Gasteiger partial charge in [-0.25, -0.2) is 14.4 Å². The Morgan fingerprint density at radius 3 is 1.20 bits per heavy atom. The number of rotatable bonds is 13. The molecule has 0 radical (unpaired) electrons. The number of anilines is 2. The van der Waals surface area contributed by atoms with Crippen molar-refractivity contribution in [3.63, 3.8) is 0 Å². The number of hydrogen-bond donors (Lipinski definition) is 2. The molecule has 344 valence electrons. The fourth-order valence-electron chi connectivity index (χ4n) is 6.87. The Morgan fingerprint density at radius 2 is 0.862 bits per heavy atom. The third-order valence-corrected chi connectivity index (χ3v) is 15.1. The third-order valence-electron chi connectivity index (χ3n) is 9.73. The minimum absolute atomic E-state index is 0.00877. The Labute approximate surface area is 396 Å². The van der Waals surface area contributed by atoms with E-state index in [0.717, 1.165) is 32.0 Å². The fraction of sp³-hybridized carbons (Fsp3) is 0.314. The zero-order valence-electron chi connectivity index (χ0n) is 39.3. The van der Waals surface area contributed by atoms with E-state index in [0.29, 0.717) is 16.3 Å². The molecule has 65 heavy (non-hydrogen) atoms. The summed E-state index contributed by atoms with van der Waals surface area (Å²) in [5.74, 6) is -0.970. The molecule has 2 heterocycles. The maximum atomic E-state index is 12.8. The van der Waals surface area contributed by atoms with E-state index in [1.807, 2.05) is 103 Å². The van der Waals surface area contributed by atoms with Gasteiger partial charge in [0.05, 0.1) is 25.6 Å². The summed E-state index contributed by atoms with van der Waals surface area (Å²) < 4.78 is 29.3. The first-order chi connectivity index (χ1) is 30.6. The molecule has 6 aromatic rings. The van der Waals surface area contributed by atoms with Gasteiger partial charge in [0.15, 0.2) is 19.5 Å². The van der Waals surface area contributed by atoms with Gasteiger partial charge in [0, 0.05) is 9.75 Å². The van der Waals surface area contributed by atoms with E-state index < -0.39 is 54.4 Å². The highest BCUT2D eigenvalue weighted by molar-refractivity contribution is 7.15. The average Bonchev–Trinajstić information content (AvgIpc) is 3.87. The molecule has 4 aromatic carbocycles. The smallest absolute Gasteiger partial charge is 0.412 e. The monoisotopic (exact) mass is 950 g/mol. The fourth-order valence-corrected chi connectivity index (χ4v) is 11.8. The van der Waals surface area contributed by atoms with Gasteiger partial charge in [-0.15, -0.1) is 22.7 Å². The molecule has 0 bridgehead atoms. The first-order valence-electron chi connectivity index (χ1n) is 21.3. The highest BCUT2D eigenvalue weighted by atomic mass is 32.1. The molecule has 14 heteroatoms. The van der Waals surface area contributed by atoms with Crippen molar-refractivity contribution in [3.8, 4) is 0 Å². The van der Waals surface area contributed by atoms with Crippen molar-refractivity contribution >= 4 is 71.6 Å². The summed E-state index contributed by atoms with van der Waals surface area (Å²) in [6.45, 7) is 18.5. The number of benzene rings is 4. The third kappa shape index (κ3) is 12.7. The van der Waals surface area contributed by atoms with Crippen LogP contribution in [0.3, 0.4) is 0 Å². The van der Waals surface area contributed by atoms with Crippen LogP contribution < -0.4 is 11.1 Å². The second-order valence-electron chi connectivity index (χ2n) is 18.9. The summed E-state index contributed by atoms with van der Waals surface area (Å²) in [4.78, 5) is 40.0. The Kier molecular flexibility index (Phi) is 16.6. The average molecular weight is 951 g/mol. The molecule has 0 aliphatic rings. The number of hydrogen-bond acceptors (Lipinski definition) is 11. The first kappa shape index (κ1) is 50.6. The number of methoxy groups -OCH3 is 2. The SMILES string of the molecule is COC(=O)c1sc(C(O[SiH2]C(C)(C)C)(c2ccccc2)c2ccccc2)cc1N.COC(=O)c1sc(C(O[SiH2]C(C)(C)C)(c2ccccc2)c2ccccc2)cc1NC(=O)OC(C)(C)C. The number of carbonyl (C=O) groups is 3. The van der Waals surface area contributed by atoms with Gasteiger partial charge in [-0.1, -0.05) is 163 Å². The highest BCUT2D eigenvalue weighted by Crippen LogP contribution is 2.48. The number of amides is 1. The minimum atomic E-state index is -1.08. The van der Waals surface area contributed by atoms with Crippen LogP contribution in [0, 0.1) is 0 Å². The summed E-state index contributed by atoms with van der Waals surface area (Å²) in [5, 5.41) is 2.85. The van der Waals surface area contributed by atoms with Crippen LogP contribution in [-0.2, 0) is 34.3 Å². The van der Waals surface area contributed by atoms with E-state index in [1.165, 1.54) is 36.9 Å². The van der Waals surface area contributed by atoms with Crippen LogP contribution in [0.15, 0.2) is 133 Å². The van der Waals surface area contributed by atoms with Crippen LogP contribution in [0.5, 0.6) is 0 Å². The second-order valence-corrected chi connectivity index (χ2v) is 26.4.